The lowest BCUT2D eigenvalue weighted by Gasteiger charge is -2.28. The number of thiol groups is 1. The van der Waals surface area contributed by atoms with Gasteiger partial charge in [-0.05, 0) is 32.9 Å². The quantitative estimate of drug-likeness (QED) is 0.507. The topological polar surface area (TPSA) is 56.2 Å². The van der Waals surface area contributed by atoms with Gasteiger partial charge in [0.25, 0.3) is 0 Å². The molecule has 0 rings (SSSR count). The largest absolute Gasteiger partial charge is 0.500 e. The second kappa shape index (κ2) is 10.9. The van der Waals surface area contributed by atoms with Crippen molar-refractivity contribution in [2.75, 3.05) is 25.6 Å². The minimum Gasteiger partial charge on any atom is -0.374 e. The van der Waals surface area contributed by atoms with Crippen LogP contribution in [0.4, 0.5) is 0 Å². The van der Waals surface area contributed by atoms with Crippen molar-refractivity contribution in [3.8, 4) is 0 Å². The minimum atomic E-state index is -2.37. The molecule has 15 heavy (non-hydrogen) atoms. The number of rotatable bonds is 9. The molecule has 0 aliphatic heterocycles. The molecule has 4 nitrogen and oxygen atoms in total. The highest BCUT2D eigenvalue weighted by Crippen LogP contribution is 2.18. The van der Waals surface area contributed by atoms with E-state index in [0.717, 1.165) is 18.2 Å². The normalized spacial score (nSPS) is 11.2. The lowest BCUT2D eigenvalue weighted by molar-refractivity contribution is 0.0712. The Bertz CT molecular complexity index is 120. The second-order valence-corrected chi connectivity index (χ2v) is 5.99. The van der Waals surface area contributed by atoms with E-state index in [9.17, 15) is 0 Å². The van der Waals surface area contributed by atoms with Crippen molar-refractivity contribution in [3.63, 3.8) is 0 Å². The number of hydrogen-bond donors (Lipinski definition) is 1. The van der Waals surface area contributed by atoms with Gasteiger partial charge >= 0.3 is 8.80 Å². The Morgan fingerprint density at radius 3 is 1.60 bits per heavy atom. The molecule has 0 aliphatic rings. The Balaban J connectivity index is 0. The van der Waals surface area contributed by atoms with E-state index in [0.29, 0.717) is 19.8 Å². The molecule has 0 spiro atoms. The SMILES string of the molecule is CCO[Si](CCCS)(OCC)OCC.[O]. The van der Waals surface area contributed by atoms with Gasteiger partial charge in [0, 0.05) is 31.3 Å². The van der Waals surface area contributed by atoms with Crippen LogP contribution in [0.2, 0.25) is 6.04 Å². The zero-order valence-corrected chi connectivity index (χ0v) is 11.7. The van der Waals surface area contributed by atoms with E-state index in [4.69, 9.17) is 13.3 Å². The van der Waals surface area contributed by atoms with E-state index in [1.807, 2.05) is 20.8 Å². The van der Waals surface area contributed by atoms with E-state index < -0.39 is 8.80 Å². The molecule has 0 aromatic rings. The summed E-state index contributed by atoms with van der Waals surface area (Å²) in [6.07, 6.45) is 0.981. The summed E-state index contributed by atoms with van der Waals surface area (Å²) in [5, 5.41) is 0. The molecule has 6 heteroatoms. The molecule has 0 saturated heterocycles. The van der Waals surface area contributed by atoms with Crippen molar-refractivity contribution >= 4 is 21.4 Å². The van der Waals surface area contributed by atoms with Crippen LogP contribution in [0.25, 0.3) is 0 Å². The fourth-order valence-corrected chi connectivity index (χ4v) is 4.36. The van der Waals surface area contributed by atoms with Crippen LogP contribution in [-0.2, 0) is 18.8 Å². The third kappa shape index (κ3) is 7.32. The molecule has 0 heterocycles. The molecule has 0 saturated carbocycles. The van der Waals surface area contributed by atoms with Crippen molar-refractivity contribution in [2.24, 2.45) is 0 Å². The van der Waals surface area contributed by atoms with E-state index in [2.05, 4.69) is 12.6 Å². The van der Waals surface area contributed by atoms with Crippen LogP contribution in [0.1, 0.15) is 27.2 Å². The molecule has 2 radical (unpaired) electrons. The Hall–Kier alpha value is 0.407. The van der Waals surface area contributed by atoms with Crippen LogP contribution in [0, 0.1) is 0 Å². The highest BCUT2D eigenvalue weighted by atomic mass is 32.1. The standard InChI is InChI=1S/C9H22O3SSi.O/c1-4-10-14(11-5-2,12-6-3)9-7-8-13;/h13H,4-9H2,1-3H3;. The van der Waals surface area contributed by atoms with Crippen LogP contribution >= 0.6 is 12.6 Å². The van der Waals surface area contributed by atoms with Crippen molar-refractivity contribution in [2.45, 2.75) is 33.2 Å². The molecular formula is C9H22O4SSi. The highest BCUT2D eigenvalue weighted by molar-refractivity contribution is 7.80. The van der Waals surface area contributed by atoms with Gasteiger partial charge in [0.15, 0.2) is 0 Å². The molecule has 0 aromatic heterocycles. The van der Waals surface area contributed by atoms with Gasteiger partial charge in [0.2, 0.25) is 0 Å². The van der Waals surface area contributed by atoms with Gasteiger partial charge in [-0.2, -0.15) is 12.6 Å². The first-order valence-corrected chi connectivity index (χ1v) is 7.83. The summed E-state index contributed by atoms with van der Waals surface area (Å²) in [6.45, 7) is 7.87. The van der Waals surface area contributed by atoms with Crippen LogP contribution in [-0.4, -0.2) is 34.4 Å². The van der Waals surface area contributed by atoms with Gasteiger partial charge in [-0.25, -0.2) is 0 Å². The second-order valence-electron chi connectivity index (χ2n) is 2.81. The first-order valence-electron chi connectivity index (χ1n) is 5.27. The summed E-state index contributed by atoms with van der Waals surface area (Å²) in [4.78, 5) is 0. The third-order valence-electron chi connectivity index (χ3n) is 1.73. The van der Waals surface area contributed by atoms with Crippen molar-refractivity contribution < 1.29 is 18.8 Å². The first-order chi connectivity index (χ1) is 6.74. The van der Waals surface area contributed by atoms with Crippen LogP contribution < -0.4 is 0 Å². The smallest absolute Gasteiger partial charge is 0.374 e. The highest BCUT2D eigenvalue weighted by Gasteiger charge is 2.39. The lowest BCUT2D eigenvalue weighted by atomic mass is 10.6. The molecule has 0 aromatic carbocycles. The minimum absolute atomic E-state index is 0. The van der Waals surface area contributed by atoms with Gasteiger partial charge < -0.3 is 13.3 Å². The summed E-state index contributed by atoms with van der Waals surface area (Å²) >= 11 is 4.19. The fraction of sp³-hybridized carbons (Fsp3) is 1.00. The zero-order chi connectivity index (χ0) is 10.9. The summed E-state index contributed by atoms with van der Waals surface area (Å²) < 4.78 is 17.0. The molecule has 0 atom stereocenters. The fourth-order valence-electron chi connectivity index (χ4n) is 1.30. The van der Waals surface area contributed by atoms with E-state index >= 15 is 0 Å². The molecule has 0 unspecified atom stereocenters. The van der Waals surface area contributed by atoms with Gasteiger partial charge in [-0.1, -0.05) is 0 Å². The van der Waals surface area contributed by atoms with Gasteiger partial charge in [-0.15, -0.1) is 0 Å². The third-order valence-corrected chi connectivity index (χ3v) is 5.20. The van der Waals surface area contributed by atoms with Gasteiger partial charge in [0.05, 0.1) is 0 Å². The molecule has 0 aliphatic carbocycles. The Kier molecular flexibility index (Phi) is 12.9. The molecule has 0 fully saturated rings. The summed E-state index contributed by atoms with van der Waals surface area (Å²) in [5.41, 5.74) is 0. The predicted molar refractivity (Wildman–Crippen MR) is 64.6 cm³/mol. The zero-order valence-electron chi connectivity index (χ0n) is 9.82. The lowest BCUT2D eigenvalue weighted by Crippen LogP contribution is -2.46. The van der Waals surface area contributed by atoms with E-state index in [1.54, 1.807) is 0 Å². The van der Waals surface area contributed by atoms with Crippen LogP contribution in [0.5, 0.6) is 0 Å². The van der Waals surface area contributed by atoms with Crippen molar-refractivity contribution in [1.29, 1.82) is 0 Å². The van der Waals surface area contributed by atoms with Crippen molar-refractivity contribution in [3.05, 3.63) is 0 Å². The maximum absolute atomic E-state index is 5.67. The van der Waals surface area contributed by atoms with Gasteiger partial charge in [-0.3, -0.25) is 0 Å². The molecule has 0 N–H and O–H groups in total. The first kappa shape index (κ1) is 17.8. The molecule has 0 bridgehead atoms. The van der Waals surface area contributed by atoms with Crippen LogP contribution in [0.3, 0.4) is 0 Å². The molecule has 92 valence electrons. The van der Waals surface area contributed by atoms with Crippen molar-refractivity contribution in [1.82, 2.24) is 0 Å². The van der Waals surface area contributed by atoms with Gasteiger partial charge in [0.1, 0.15) is 0 Å². The molecule has 0 amide bonds. The number of hydrogen-bond acceptors (Lipinski definition) is 4. The maximum Gasteiger partial charge on any atom is 0.500 e. The average molecular weight is 254 g/mol. The summed E-state index contributed by atoms with van der Waals surface area (Å²) in [5.74, 6) is 0.849. The van der Waals surface area contributed by atoms with E-state index in [-0.39, 0.29) is 5.48 Å². The Morgan fingerprint density at radius 1 is 0.933 bits per heavy atom. The van der Waals surface area contributed by atoms with Crippen LogP contribution in [0.15, 0.2) is 0 Å². The predicted octanol–water partition coefficient (Wildman–Crippen LogP) is 2.24. The Morgan fingerprint density at radius 2 is 1.33 bits per heavy atom. The monoisotopic (exact) mass is 254 g/mol. The average Bonchev–Trinajstić information content (AvgIpc) is 2.16. The molecular weight excluding hydrogens is 232 g/mol. The Labute approximate surface area is 99.4 Å². The summed E-state index contributed by atoms with van der Waals surface area (Å²) in [6, 6.07) is 0.867. The van der Waals surface area contributed by atoms with E-state index in [1.165, 1.54) is 0 Å². The summed E-state index contributed by atoms with van der Waals surface area (Å²) in [7, 11) is -2.37. The maximum atomic E-state index is 5.67.